The lowest BCUT2D eigenvalue weighted by atomic mass is 10.1. The molecule has 0 aliphatic carbocycles. The third kappa shape index (κ3) is 3.49. The average Bonchev–Trinajstić information content (AvgIpc) is 3.27. The quantitative estimate of drug-likeness (QED) is 0.468. The Hall–Kier alpha value is -2.64. The molecule has 4 aromatic rings. The number of nitrogens with zero attached hydrogens (tertiary/aromatic N) is 1. The van der Waals surface area contributed by atoms with Gasteiger partial charge >= 0.3 is 0 Å². The lowest BCUT2D eigenvalue weighted by Gasteiger charge is -2.03. The Bertz CT molecular complexity index is 1070. The zero-order valence-corrected chi connectivity index (χ0v) is 15.2. The van der Waals surface area contributed by atoms with Crippen LogP contribution in [0.4, 0.5) is 9.52 Å². The zero-order chi connectivity index (χ0) is 17.9. The zero-order valence-electron chi connectivity index (χ0n) is 13.5. The van der Waals surface area contributed by atoms with E-state index in [-0.39, 0.29) is 17.5 Å². The fraction of sp³-hybridized carbons (Fsp3) is 0.0526. The van der Waals surface area contributed by atoms with Gasteiger partial charge in [-0.25, -0.2) is 9.37 Å². The van der Waals surface area contributed by atoms with Crippen molar-refractivity contribution in [2.24, 2.45) is 0 Å². The molecule has 1 amide bonds. The van der Waals surface area contributed by atoms with Crippen molar-refractivity contribution in [2.75, 3.05) is 11.1 Å². The smallest absolute Gasteiger partial charge is 0.236 e. The predicted octanol–water partition coefficient (Wildman–Crippen LogP) is 5.16. The molecule has 0 spiro atoms. The van der Waals surface area contributed by atoms with E-state index < -0.39 is 0 Å². The first-order valence-electron chi connectivity index (χ1n) is 7.90. The lowest BCUT2D eigenvalue weighted by Crippen LogP contribution is -2.13. The first-order valence-corrected chi connectivity index (χ1v) is 9.76. The van der Waals surface area contributed by atoms with Crippen LogP contribution in [0.2, 0.25) is 0 Å². The monoisotopic (exact) mass is 383 g/mol. The number of H-pyrrole nitrogens is 1. The van der Waals surface area contributed by atoms with Gasteiger partial charge in [-0.1, -0.05) is 30.3 Å². The van der Waals surface area contributed by atoms with E-state index in [2.05, 4.69) is 15.3 Å². The van der Waals surface area contributed by atoms with E-state index in [0.717, 1.165) is 22.2 Å². The number of amides is 1. The molecule has 0 aliphatic heterocycles. The maximum absolute atomic E-state index is 13.6. The number of carbonyl (C=O) groups excluding carboxylic acids is 1. The maximum atomic E-state index is 13.6. The first-order chi connectivity index (χ1) is 12.7. The molecule has 0 saturated carbocycles. The van der Waals surface area contributed by atoms with Crippen molar-refractivity contribution in [3.63, 3.8) is 0 Å². The van der Waals surface area contributed by atoms with Gasteiger partial charge in [0.15, 0.2) is 5.13 Å². The molecule has 0 bridgehead atoms. The highest BCUT2D eigenvalue weighted by molar-refractivity contribution is 8.00. The number of carbonyl (C=O) groups is 1. The molecule has 26 heavy (non-hydrogen) atoms. The number of anilines is 1. The summed E-state index contributed by atoms with van der Waals surface area (Å²) in [5.41, 5.74) is 2.85. The summed E-state index contributed by atoms with van der Waals surface area (Å²) in [5, 5.41) is 6.31. The van der Waals surface area contributed by atoms with Crippen molar-refractivity contribution >= 4 is 45.0 Å². The minimum atomic E-state index is -0.318. The van der Waals surface area contributed by atoms with Gasteiger partial charge in [0.05, 0.1) is 11.4 Å². The Morgan fingerprint density at radius 2 is 2.00 bits per heavy atom. The number of hydrogen-bond donors (Lipinski definition) is 2. The third-order valence-corrected chi connectivity index (χ3v) is 5.62. The molecule has 7 heteroatoms. The van der Waals surface area contributed by atoms with Crippen molar-refractivity contribution in [1.82, 2.24) is 9.97 Å². The molecule has 2 aromatic heterocycles. The Balaban J connectivity index is 1.43. The summed E-state index contributed by atoms with van der Waals surface area (Å²) in [5.74, 6) is -0.401. The van der Waals surface area contributed by atoms with Crippen molar-refractivity contribution in [3.8, 4) is 11.3 Å². The topological polar surface area (TPSA) is 57.8 Å². The fourth-order valence-electron chi connectivity index (χ4n) is 2.60. The number of halogens is 1. The van der Waals surface area contributed by atoms with Gasteiger partial charge in [-0.3, -0.25) is 4.79 Å². The van der Waals surface area contributed by atoms with Crippen LogP contribution < -0.4 is 5.32 Å². The SMILES string of the molecule is O=C(CSc1ccccc1F)Nc1nc(-c2c[nH]c3ccccc23)cs1. The Kier molecular flexibility index (Phi) is 4.73. The van der Waals surface area contributed by atoms with Crippen molar-refractivity contribution in [3.05, 3.63) is 65.9 Å². The number of aromatic nitrogens is 2. The Labute approximate surface area is 157 Å². The molecular formula is C19H14FN3OS2. The molecule has 0 saturated heterocycles. The largest absolute Gasteiger partial charge is 0.360 e. The third-order valence-electron chi connectivity index (χ3n) is 3.81. The van der Waals surface area contributed by atoms with E-state index >= 15 is 0 Å². The van der Waals surface area contributed by atoms with Gasteiger partial charge < -0.3 is 10.3 Å². The van der Waals surface area contributed by atoms with E-state index in [4.69, 9.17) is 0 Å². The highest BCUT2D eigenvalue weighted by Crippen LogP contribution is 2.31. The second kappa shape index (κ2) is 7.31. The standard InChI is InChI=1S/C19H14FN3OS2/c20-14-6-2-4-8-17(14)25-11-18(24)23-19-22-16(10-26-19)13-9-21-15-7-3-1-5-12(13)15/h1-10,21H,11H2,(H,22,23,24). The van der Waals surface area contributed by atoms with Crippen LogP contribution >= 0.6 is 23.1 Å². The summed E-state index contributed by atoms with van der Waals surface area (Å²) < 4.78 is 13.6. The summed E-state index contributed by atoms with van der Waals surface area (Å²) in [6, 6.07) is 14.4. The highest BCUT2D eigenvalue weighted by Gasteiger charge is 2.12. The van der Waals surface area contributed by atoms with Crippen LogP contribution in [0.3, 0.4) is 0 Å². The number of fused-ring (bicyclic) bond motifs is 1. The van der Waals surface area contributed by atoms with Gasteiger partial charge in [0.2, 0.25) is 5.91 Å². The number of aromatic amines is 1. The van der Waals surface area contributed by atoms with Gasteiger partial charge in [0.1, 0.15) is 5.82 Å². The molecule has 0 fully saturated rings. The van der Waals surface area contributed by atoms with Crippen LogP contribution in [0.1, 0.15) is 0 Å². The fourth-order valence-corrected chi connectivity index (χ4v) is 4.06. The van der Waals surface area contributed by atoms with Gasteiger partial charge in [0.25, 0.3) is 0 Å². The number of thiazole rings is 1. The van der Waals surface area contributed by atoms with E-state index in [0.29, 0.717) is 10.0 Å². The van der Waals surface area contributed by atoms with Gasteiger partial charge in [0, 0.05) is 32.9 Å². The van der Waals surface area contributed by atoms with Gasteiger partial charge in [-0.2, -0.15) is 0 Å². The molecule has 2 heterocycles. The van der Waals surface area contributed by atoms with E-state index in [1.807, 2.05) is 35.8 Å². The number of para-hydroxylation sites is 1. The maximum Gasteiger partial charge on any atom is 0.236 e. The van der Waals surface area contributed by atoms with Crippen molar-refractivity contribution < 1.29 is 9.18 Å². The second-order valence-corrected chi connectivity index (χ2v) is 7.43. The van der Waals surface area contributed by atoms with E-state index in [9.17, 15) is 9.18 Å². The number of benzene rings is 2. The molecule has 130 valence electrons. The number of hydrogen-bond acceptors (Lipinski definition) is 4. The van der Waals surface area contributed by atoms with E-state index in [1.165, 1.54) is 29.2 Å². The molecule has 0 aliphatic rings. The summed E-state index contributed by atoms with van der Waals surface area (Å²) in [6.07, 6.45) is 1.92. The summed E-state index contributed by atoms with van der Waals surface area (Å²) >= 11 is 2.53. The minimum Gasteiger partial charge on any atom is -0.360 e. The van der Waals surface area contributed by atoms with Crippen LogP contribution in [-0.4, -0.2) is 21.6 Å². The molecule has 0 radical (unpaired) electrons. The first kappa shape index (κ1) is 16.8. The summed E-state index contributed by atoms with van der Waals surface area (Å²) in [6.45, 7) is 0. The molecule has 2 N–H and O–H groups in total. The van der Waals surface area contributed by atoms with E-state index in [1.54, 1.807) is 18.2 Å². The molecule has 4 nitrogen and oxygen atoms in total. The molecule has 0 unspecified atom stereocenters. The van der Waals surface area contributed by atoms with Crippen molar-refractivity contribution in [2.45, 2.75) is 4.90 Å². The molecular weight excluding hydrogens is 369 g/mol. The van der Waals surface area contributed by atoms with Crippen molar-refractivity contribution in [1.29, 1.82) is 0 Å². The second-order valence-electron chi connectivity index (χ2n) is 5.55. The predicted molar refractivity (Wildman–Crippen MR) is 105 cm³/mol. The Morgan fingerprint density at radius 1 is 1.19 bits per heavy atom. The van der Waals surface area contributed by atoms with Crippen LogP contribution in [0, 0.1) is 5.82 Å². The Morgan fingerprint density at radius 3 is 2.88 bits per heavy atom. The number of nitrogens with one attached hydrogen (secondary N) is 2. The minimum absolute atomic E-state index is 0.128. The normalized spacial score (nSPS) is 11.0. The van der Waals surface area contributed by atoms with Crippen LogP contribution in [0.15, 0.2) is 65.0 Å². The number of rotatable bonds is 5. The molecule has 4 rings (SSSR count). The lowest BCUT2D eigenvalue weighted by molar-refractivity contribution is -0.113. The van der Waals surface area contributed by atoms with Gasteiger partial charge in [-0.15, -0.1) is 23.1 Å². The average molecular weight is 383 g/mol. The summed E-state index contributed by atoms with van der Waals surface area (Å²) in [4.78, 5) is 20.3. The van der Waals surface area contributed by atoms with Crippen LogP contribution in [0.5, 0.6) is 0 Å². The molecule has 2 aromatic carbocycles. The summed E-state index contributed by atoms with van der Waals surface area (Å²) in [7, 11) is 0. The highest BCUT2D eigenvalue weighted by atomic mass is 32.2. The van der Waals surface area contributed by atoms with Crippen LogP contribution in [0.25, 0.3) is 22.2 Å². The number of thioether (sulfide) groups is 1. The van der Waals surface area contributed by atoms with Crippen LogP contribution in [-0.2, 0) is 4.79 Å². The van der Waals surface area contributed by atoms with Gasteiger partial charge in [-0.05, 0) is 18.2 Å². The molecule has 0 atom stereocenters.